The fraction of sp³-hybridized carbons (Fsp3) is 0.600. The number of benzene rings is 1. The van der Waals surface area contributed by atoms with Crippen molar-refractivity contribution in [1.82, 2.24) is 5.32 Å². The number of nitrogens with one attached hydrogen (secondary N) is 1. The molecule has 2 N–H and O–H groups in total. The first kappa shape index (κ1) is 12.2. The van der Waals surface area contributed by atoms with E-state index in [9.17, 15) is 5.11 Å². The van der Waals surface area contributed by atoms with Crippen molar-refractivity contribution in [3.8, 4) is 0 Å². The quantitative estimate of drug-likeness (QED) is 0.834. The summed E-state index contributed by atoms with van der Waals surface area (Å²) in [4.78, 5) is 0. The molecule has 2 atom stereocenters. The largest absolute Gasteiger partial charge is 0.385 e. The molecule has 2 fully saturated rings. The zero-order chi connectivity index (χ0) is 12.6. The van der Waals surface area contributed by atoms with Gasteiger partial charge in [-0.05, 0) is 30.4 Å². The van der Waals surface area contributed by atoms with E-state index in [2.05, 4.69) is 30.4 Å². The monoisotopic (exact) mass is 247 g/mol. The summed E-state index contributed by atoms with van der Waals surface area (Å²) >= 11 is 0. The van der Waals surface area contributed by atoms with Gasteiger partial charge in [-0.2, -0.15) is 0 Å². The van der Waals surface area contributed by atoms with Gasteiger partial charge in [0.2, 0.25) is 0 Å². The van der Waals surface area contributed by atoms with Gasteiger partial charge in [-0.15, -0.1) is 0 Å². The zero-order valence-corrected chi connectivity index (χ0v) is 10.9. The SMILES string of the molecule is CCc1ccccc1C1(O)CC2COCC(C1)N2. The van der Waals surface area contributed by atoms with Gasteiger partial charge < -0.3 is 15.2 Å². The Balaban J connectivity index is 1.94. The fourth-order valence-corrected chi connectivity index (χ4v) is 3.42. The van der Waals surface area contributed by atoms with E-state index >= 15 is 0 Å². The van der Waals surface area contributed by atoms with E-state index in [0.29, 0.717) is 13.2 Å². The summed E-state index contributed by atoms with van der Waals surface area (Å²) in [5, 5.41) is 14.6. The topological polar surface area (TPSA) is 41.5 Å². The predicted octanol–water partition coefficient (Wildman–Crippen LogP) is 1.59. The molecule has 0 amide bonds. The number of rotatable bonds is 2. The van der Waals surface area contributed by atoms with Gasteiger partial charge in [0.05, 0.1) is 18.8 Å². The Hall–Kier alpha value is -0.900. The number of piperidine rings is 1. The highest BCUT2D eigenvalue weighted by Gasteiger charge is 2.42. The molecule has 0 radical (unpaired) electrons. The van der Waals surface area contributed by atoms with Crippen LogP contribution in [0.15, 0.2) is 24.3 Å². The number of hydrogen-bond acceptors (Lipinski definition) is 3. The molecular weight excluding hydrogens is 226 g/mol. The van der Waals surface area contributed by atoms with Crippen molar-refractivity contribution in [2.24, 2.45) is 0 Å². The molecule has 1 aromatic carbocycles. The highest BCUT2D eigenvalue weighted by Crippen LogP contribution is 2.38. The van der Waals surface area contributed by atoms with Crippen molar-refractivity contribution in [3.05, 3.63) is 35.4 Å². The Kier molecular flexibility index (Phi) is 3.14. The molecule has 2 bridgehead atoms. The minimum Gasteiger partial charge on any atom is -0.385 e. The third-order valence-electron chi connectivity index (χ3n) is 4.18. The van der Waals surface area contributed by atoms with Crippen molar-refractivity contribution in [3.63, 3.8) is 0 Å². The second-order valence-corrected chi connectivity index (χ2v) is 5.55. The maximum atomic E-state index is 11.1. The van der Waals surface area contributed by atoms with E-state index in [4.69, 9.17) is 4.74 Å². The summed E-state index contributed by atoms with van der Waals surface area (Å²) in [7, 11) is 0. The highest BCUT2D eigenvalue weighted by molar-refractivity contribution is 5.33. The van der Waals surface area contributed by atoms with Crippen LogP contribution in [-0.4, -0.2) is 30.4 Å². The minimum atomic E-state index is -0.684. The van der Waals surface area contributed by atoms with Gasteiger partial charge in [0.25, 0.3) is 0 Å². The maximum absolute atomic E-state index is 11.1. The number of fused-ring (bicyclic) bond motifs is 2. The van der Waals surface area contributed by atoms with Crippen LogP contribution >= 0.6 is 0 Å². The standard InChI is InChI=1S/C15H21NO2/c1-2-11-5-3-4-6-14(11)15(17)7-12-9-18-10-13(8-15)16-12/h3-6,12-13,16-17H,2,7-10H2,1H3. The molecular formula is C15H21NO2. The molecule has 2 saturated heterocycles. The van der Waals surface area contributed by atoms with Crippen LogP contribution in [-0.2, 0) is 16.8 Å². The Morgan fingerprint density at radius 1 is 1.28 bits per heavy atom. The smallest absolute Gasteiger partial charge is 0.0930 e. The molecule has 0 saturated carbocycles. The molecule has 3 rings (SSSR count). The Bertz CT molecular complexity index is 420. The molecule has 98 valence electrons. The van der Waals surface area contributed by atoms with E-state index in [1.807, 2.05) is 6.07 Å². The maximum Gasteiger partial charge on any atom is 0.0930 e. The minimum absolute atomic E-state index is 0.285. The summed E-state index contributed by atoms with van der Waals surface area (Å²) in [6, 6.07) is 8.86. The highest BCUT2D eigenvalue weighted by atomic mass is 16.5. The van der Waals surface area contributed by atoms with Crippen LogP contribution in [0.2, 0.25) is 0 Å². The number of aliphatic hydroxyl groups is 1. The lowest BCUT2D eigenvalue weighted by Gasteiger charge is -2.45. The molecule has 3 nitrogen and oxygen atoms in total. The first-order chi connectivity index (χ1) is 8.71. The second kappa shape index (κ2) is 4.65. The van der Waals surface area contributed by atoms with Crippen LogP contribution in [0.5, 0.6) is 0 Å². The van der Waals surface area contributed by atoms with Gasteiger partial charge in [-0.1, -0.05) is 31.2 Å². The van der Waals surface area contributed by atoms with Gasteiger partial charge in [-0.3, -0.25) is 0 Å². The van der Waals surface area contributed by atoms with E-state index in [0.717, 1.165) is 24.8 Å². The third-order valence-corrected chi connectivity index (χ3v) is 4.18. The lowest BCUT2D eigenvalue weighted by atomic mass is 9.76. The summed E-state index contributed by atoms with van der Waals surface area (Å²) in [6.07, 6.45) is 2.47. The molecule has 0 aliphatic carbocycles. The van der Waals surface area contributed by atoms with E-state index < -0.39 is 5.60 Å². The Morgan fingerprint density at radius 2 is 1.94 bits per heavy atom. The van der Waals surface area contributed by atoms with Gasteiger partial charge in [0.1, 0.15) is 0 Å². The van der Waals surface area contributed by atoms with Crippen molar-refractivity contribution in [2.45, 2.75) is 43.9 Å². The summed E-state index contributed by atoms with van der Waals surface area (Å²) in [5.74, 6) is 0. The summed E-state index contributed by atoms with van der Waals surface area (Å²) in [5.41, 5.74) is 1.70. The molecule has 3 heteroatoms. The van der Waals surface area contributed by atoms with Crippen LogP contribution < -0.4 is 5.32 Å². The second-order valence-electron chi connectivity index (χ2n) is 5.55. The first-order valence-electron chi connectivity index (χ1n) is 6.86. The van der Waals surface area contributed by atoms with Crippen LogP contribution in [0.4, 0.5) is 0 Å². The Morgan fingerprint density at radius 3 is 2.61 bits per heavy atom. The zero-order valence-electron chi connectivity index (χ0n) is 10.9. The number of hydrogen-bond donors (Lipinski definition) is 2. The average Bonchev–Trinajstić information content (AvgIpc) is 2.38. The molecule has 0 aromatic heterocycles. The number of aryl methyl sites for hydroxylation is 1. The van der Waals surface area contributed by atoms with Crippen molar-refractivity contribution in [2.75, 3.05) is 13.2 Å². The summed E-state index contributed by atoms with van der Waals surface area (Å²) in [6.45, 7) is 3.58. The lowest BCUT2D eigenvalue weighted by molar-refractivity contribution is -0.0806. The van der Waals surface area contributed by atoms with Crippen molar-refractivity contribution < 1.29 is 9.84 Å². The van der Waals surface area contributed by atoms with E-state index in [-0.39, 0.29) is 12.1 Å². The molecule has 2 aliphatic rings. The van der Waals surface area contributed by atoms with Gasteiger partial charge in [0, 0.05) is 12.1 Å². The first-order valence-corrected chi connectivity index (χ1v) is 6.86. The molecule has 2 aliphatic heterocycles. The fourth-order valence-electron chi connectivity index (χ4n) is 3.42. The normalized spacial score (nSPS) is 35.4. The van der Waals surface area contributed by atoms with E-state index in [1.54, 1.807) is 0 Å². The number of morpholine rings is 1. The molecule has 2 heterocycles. The molecule has 2 unspecified atom stereocenters. The summed E-state index contributed by atoms with van der Waals surface area (Å²) < 4.78 is 5.55. The Labute approximate surface area is 108 Å². The lowest BCUT2D eigenvalue weighted by Crippen LogP contribution is -2.58. The van der Waals surface area contributed by atoms with Gasteiger partial charge in [-0.25, -0.2) is 0 Å². The number of ether oxygens (including phenoxy) is 1. The van der Waals surface area contributed by atoms with Crippen LogP contribution in [0.1, 0.15) is 30.9 Å². The predicted molar refractivity (Wildman–Crippen MR) is 70.5 cm³/mol. The average molecular weight is 247 g/mol. The van der Waals surface area contributed by atoms with Crippen LogP contribution in [0, 0.1) is 0 Å². The van der Waals surface area contributed by atoms with Gasteiger partial charge >= 0.3 is 0 Å². The van der Waals surface area contributed by atoms with Crippen LogP contribution in [0.3, 0.4) is 0 Å². The van der Waals surface area contributed by atoms with Crippen molar-refractivity contribution >= 4 is 0 Å². The van der Waals surface area contributed by atoms with Gasteiger partial charge in [0.15, 0.2) is 0 Å². The molecule has 18 heavy (non-hydrogen) atoms. The third kappa shape index (κ3) is 2.07. The van der Waals surface area contributed by atoms with Crippen molar-refractivity contribution in [1.29, 1.82) is 0 Å². The molecule has 0 spiro atoms. The molecule has 1 aromatic rings. The van der Waals surface area contributed by atoms with Crippen LogP contribution in [0.25, 0.3) is 0 Å². The van der Waals surface area contributed by atoms with E-state index in [1.165, 1.54) is 5.56 Å².